The second kappa shape index (κ2) is 5.72. The van der Waals surface area contributed by atoms with E-state index in [-0.39, 0.29) is 17.1 Å². The summed E-state index contributed by atoms with van der Waals surface area (Å²) in [5.41, 5.74) is 2.83. The molecule has 1 aromatic carbocycles. The lowest BCUT2D eigenvalue weighted by atomic mass is 9.82. The van der Waals surface area contributed by atoms with Crippen LogP contribution in [0.4, 0.5) is 0 Å². The highest BCUT2D eigenvalue weighted by Gasteiger charge is 2.37. The lowest BCUT2D eigenvalue weighted by molar-refractivity contribution is 0.0655. The van der Waals surface area contributed by atoms with Gasteiger partial charge >= 0.3 is 0 Å². The van der Waals surface area contributed by atoms with Gasteiger partial charge in [0.05, 0.1) is 12.7 Å². The maximum Gasteiger partial charge on any atom is 0.198 e. The molecule has 0 saturated heterocycles. The van der Waals surface area contributed by atoms with E-state index in [1.54, 1.807) is 0 Å². The Bertz CT molecular complexity index is 696. The van der Waals surface area contributed by atoms with Gasteiger partial charge in [0.1, 0.15) is 5.52 Å². The van der Waals surface area contributed by atoms with E-state index in [9.17, 15) is 5.11 Å². The first-order valence-electron chi connectivity index (χ1n) is 8.37. The van der Waals surface area contributed by atoms with Gasteiger partial charge in [-0.2, -0.15) is 0 Å². The molecule has 1 heterocycles. The molecule has 0 spiro atoms. The van der Waals surface area contributed by atoms with Crippen LogP contribution >= 0.6 is 0 Å². The quantitative estimate of drug-likeness (QED) is 0.832. The molecule has 4 nitrogen and oxygen atoms in total. The van der Waals surface area contributed by atoms with E-state index in [4.69, 9.17) is 8.84 Å². The molecule has 3 rings (SSSR count). The van der Waals surface area contributed by atoms with Crippen molar-refractivity contribution < 1.29 is 13.9 Å². The summed E-state index contributed by atoms with van der Waals surface area (Å²) < 4.78 is 12.2. The Morgan fingerprint density at radius 3 is 2.61 bits per heavy atom. The maximum atomic E-state index is 9.43. The van der Waals surface area contributed by atoms with Crippen LogP contribution in [0.2, 0.25) is 18.1 Å². The van der Waals surface area contributed by atoms with Gasteiger partial charge in [-0.25, -0.2) is 4.98 Å². The Labute approximate surface area is 139 Å². The van der Waals surface area contributed by atoms with Crippen LogP contribution in [0.1, 0.15) is 51.0 Å². The first-order chi connectivity index (χ1) is 10.7. The van der Waals surface area contributed by atoms with Gasteiger partial charge in [-0.05, 0) is 48.7 Å². The molecule has 2 aromatic rings. The molecule has 1 aromatic heterocycles. The third-order valence-corrected chi connectivity index (χ3v) is 9.82. The zero-order valence-electron chi connectivity index (χ0n) is 14.7. The number of rotatable bonds is 4. The van der Waals surface area contributed by atoms with Crippen LogP contribution in [0.5, 0.6) is 0 Å². The van der Waals surface area contributed by atoms with E-state index in [1.165, 1.54) is 0 Å². The van der Waals surface area contributed by atoms with E-state index in [0.29, 0.717) is 6.61 Å². The van der Waals surface area contributed by atoms with Crippen molar-refractivity contribution in [3.63, 3.8) is 0 Å². The predicted octanol–water partition coefficient (Wildman–Crippen LogP) is 4.59. The molecule has 23 heavy (non-hydrogen) atoms. The molecule has 0 unspecified atom stereocenters. The summed E-state index contributed by atoms with van der Waals surface area (Å²) in [5, 5.41) is 9.64. The molecule has 1 aliphatic rings. The zero-order chi connectivity index (χ0) is 16.8. The average Bonchev–Trinajstić information content (AvgIpc) is 2.83. The van der Waals surface area contributed by atoms with Crippen LogP contribution in [0, 0.1) is 0 Å². The fraction of sp³-hybridized carbons (Fsp3) is 0.611. The smallest absolute Gasteiger partial charge is 0.198 e. The Morgan fingerprint density at radius 1 is 1.30 bits per heavy atom. The third-order valence-electron chi connectivity index (χ3n) is 5.34. The highest BCUT2D eigenvalue weighted by Crippen LogP contribution is 2.38. The molecular weight excluding hydrogens is 306 g/mol. The summed E-state index contributed by atoms with van der Waals surface area (Å²) in [7, 11) is -1.75. The van der Waals surface area contributed by atoms with Gasteiger partial charge < -0.3 is 13.9 Å². The largest absolute Gasteiger partial charge is 0.440 e. The summed E-state index contributed by atoms with van der Waals surface area (Å²) in [6, 6.07) is 6.10. The normalized spacial score (nSPS) is 22.3. The molecule has 0 bridgehead atoms. The summed E-state index contributed by atoms with van der Waals surface area (Å²) in [4.78, 5) is 4.55. The number of benzene rings is 1. The van der Waals surface area contributed by atoms with Crippen LogP contribution < -0.4 is 0 Å². The number of oxazole rings is 1. The molecule has 0 radical (unpaired) electrons. The van der Waals surface area contributed by atoms with E-state index in [0.717, 1.165) is 35.4 Å². The number of aliphatic hydroxyl groups is 1. The van der Waals surface area contributed by atoms with Crippen LogP contribution in [0.3, 0.4) is 0 Å². The average molecular weight is 334 g/mol. The number of aromatic nitrogens is 1. The first-order valence-corrected chi connectivity index (χ1v) is 11.3. The van der Waals surface area contributed by atoms with Crippen LogP contribution in [0.25, 0.3) is 11.1 Å². The number of fused-ring (bicyclic) bond motifs is 1. The number of hydrogen-bond acceptors (Lipinski definition) is 4. The number of hydrogen-bond donors (Lipinski definition) is 1. The summed E-state index contributed by atoms with van der Waals surface area (Å²) in [6.07, 6.45) is 1.33. The fourth-order valence-corrected chi connectivity index (χ4v) is 3.48. The molecule has 5 heteroatoms. The Morgan fingerprint density at radius 2 is 2.00 bits per heavy atom. The Hall–Kier alpha value is -1.17. The van der Waals surface area contributed by atoms with Crippen molar-refractivity contribution in [3.8, 4) is 0 Å². The highest BCUT2D eigenvalue weighted by molar-refractivity contribution is 6.74. The SMILES string of the molecule is CC(C)(C)[Si](C)(C)OCc1ccc2nc(C3CC(O)C3)oc2c1. The topological polar surface area (TPSA) is 55.5 Å². The van der Waals surface area contributed by atoms with Crippen LogP contribution in [-0.4, -0.2) is 24.5 Å². The van der Waals surface area contributed by atoms with E-state index in [2.05, 4.69) is 44.9 Å². The minimum Gasteiger partial charge on any atom is -0.440 e. The predicted molar refractivity (Wildman–Crippen MR) is 94.0 cm³/mol. The number of aliphatic hydroxyl groups excluding tert-OH is 1. The van der Waals surface area contributed by atoms with Gasteiger partial charge in [-0.1, -0.05) is 26.8 Å². The molecule has 0 atom stereocenters. The van der Waals surface area contributed by atoms with E-state index < -0.39 is 8.32 Å². The minimum absolute atomic E-state index is 0.191. The van der Waals surface area contributed by atoms with Gasteiger partial charge in [0.25, 0.3) is 0 Å². The van der Waals surface area contributed by atoms with Crippen molar-refractivity contribution in [1.29, 1.82) is 0 Å². The number of nitrogens with zero attached hydrogens (tertiary/aromatic N) is 1. The minimum atomic E-state index is -1.75. The van der Waals surface area contributed by atoms with Crippen molar-refractivity contribution in [2.75, 3.05) is 0 Å². The second-order valence-corrected chi connectivity index (χ2v) is 13.0. The molecule has 0 amide bonds. The van der Waals surface area contributed by atoms with Gasteiger partial charge in [0.2, 0.25) is 0 Å². The van der Waals surface area contributed by atoms with Gasteiger partial charge in [0, 0.05) is 5.92 Å². The molecule has 0 aliphatic heterocycles. The van der Waals surface area contributed by atoms with Gasteiger partial charge in [0.15, 0.2) is 19.8 Å². The van der Waals surface area contributed by atoms with Crippen molar-refractivity contribution in [2.45, 2.75) is 70.4 Å². The summed E-state index contributed by atoms with van der Waals surface area (Å²) in [5.74, 6) is 1.03. The van der Waals surface area contributed by atoms with Crippen LogP contribution in [0.15, 0.2) is 22.6 Å². The van der Waals surface area contributed by atoms with Gasteiger partial charge in [-0.15, -0.1) is 0 Å². The molecule has 1 aliphatic carbocycles. The highest BCUT2D eigenvalue weighted by atomic mass is 28.4. The molecule has 1 saturated carbocycles. The molecule has 126 valence electrons. The summed E-state index contributed by atoms with van der Waals surface area (Å²) >= 11 is 0. The van der Waals surface area contributed by atoms with Crippen molar-refractivity contribution in [3.05, 3.63) is 29.7 Å². The third kappa shape index (κ3) is 3.37. The lowest BCUT2D eigenvalue weighted by Gasteiger charge is -2.36. The Balaban J connectivity index is 1.73. The second-order valence-electron chi connectivity index (χ2n) is 8.23. The fourth-order valence-electron chi connectivity index (χ4n) is 2.52. The van der Waals surface area contributed by atoms with Crippen LogP contribution in [-0.2, 0) is 11.0 Å². The van der Waals surface area contributed by atoms with Crippen molar-refractivity contribution in [1.82, 2.24) is 4.98 Å². The molecule has 1 fully saturated rings. The lowest BCUT2D eigenvalue weighted by Crippen LogP contribution is -2.40. The maximum absolute atomic E-state index is 9.43. The zero-order valence-corrected chi connectivity index (χ0v) is 15.7. The summed E-state index contributed by atoms with van der Waals surface area (Å²) in [6.45, 7) is 11.9. The van der Waals surface area contributed by atoms with Crippen molar-refractivity contribution >= 4 is 19.4 Å². The standard InChI is InChI=1S/C18H27NO3Si/c1-18(2,3)23(4,5)21-11-12-6-7-15-16(8-12)22-17(19-15)13-9-14(20)10-13/h6-8,13-14,20H,9-11H2,1-5H3. The first kappa shape index (κ1) is 16.7. The van der Waals surface area contributed by atoms with E-state index >= 15 is 0 Å². The monoisotopic (exact) mass is 333 g/mol. The molecule has 1 N–H and O–H groups in total. The van der Waals surface area contributed by atoms with E-state index in [1.807, 2.05) is 12.1 Å². The van der Waals surface area contributed by atoms with Crippen molar-refractivity contribution in [2.24, 2.45) is 0 Å². The Kier molecular flexibility index (Phi) is 4.15. The van der Waals surface area contributed by atoms with Gasteiger partial charge in [-0.3, -0.25) is 0 Å². The molecular formula is C18H27NO3Si.